The lowest BCUT2D eigenvalue weighted by Crippen LogP contribution is -2.13. The number of carboxylic acid groups (broad SMARTS) is 1. The van der Waals surface area contributed by atoms with Crippen LogP contribution < -0.4 is 5.32 Å². The number of carbonyl (C=O) groups is 2. The smallest absolute Gasteiger partial charge is 0.337 e. The molecule has 4 nitrogen and oxygen atoms in total. The van der Waals surface area contributed by atoms with Crippen molar-refractivity contribution >= 4 is 33.5 Å². The SMILES string of the molecule is C#CCC(=O)Nc1cc(Br)ccc1C(=O)O. The van der Waals surface area contributed by atoms with E-state index in [1.54, 1.807) is 6.07 Å². The summed E-state index contributed by atoms with van der Waals surface area (Å²) in [7, 11) is 0. The highest BCUT2D eigenvalue weighted by molar-refractivity contribution is 9.10. The summed E-state index contributed by atoms with van der Waals surface area (Å²) >= 11 is 3.19. The lowest BCUT2D eigenvalue weighted by atomic mass is 10.2. The molecule has 1 aromatic rings. The molecule has 0 atom stereocenters. The Morgan fingerprint density at radius 2 is 2.19 bits per heavy atom. The summed E-state index contributed by atoms with van der Waals surface area (Å²) in [6.07, 6.45) is 4.88. The molecule has 0 aromatic heterocycles. The molecule has 0 radical (unpaired) electrons. The monoisotopic (exact) mass is 281 g/mol. The number of amides is 1. The number of carboxylic acids is 1. The van der Waals surface area contributed by atoms with Gasteiger partial charge in [-0.05, 0) is 18.2 Å². The number of aromatic carboxylic acids is 1. The molecule has 0 unspecified atom stereocenters. The van der Waals surface area contributed by atoms with Gasteiger partial charge in [0.2, 0.25) is 5.91 Å². The van der Waals surface area contributed by atoms with Crippen molar-refractivity contribution in [1.82, 2.24) is 0 Å². The minimum absolute atomic E-state index is 0.0218. The first kappa shape index (κ1) is 12.3. The van der Waals surface area contributed by atoms with Gasteiger partial charge in [-0.25, -0.2) is 4.79 Å². The summed E-state index contributed by atoms with van der Waals surface area (Å²) in [5, 5.41) is 11.3. The number of benzene rings is 1. The Morgan fingerprint density at radius 3 is 2.75 bits per heavy atom. The molecule has 2 N–H and O–H groups in total. The second-order valence-corrected chi connectivity index (χ2v) is 3.84. The molecule has 5 heteroatoms. The summed E-state index contributed by atoms with van der Waals surface area (Å²) in [6, 6.07) is 4.50. The van der Waals surface area contributed by atoms with Crippen LogP contribution in [0.25, 0.3) is 0 Å². The normalized spacial score (nSPS) is 9.25. The standard InChI is InChI=1S/C11H8BrNO3/c1-2-3-10(14)13-9-6-7(12)4-5-8(9)11(15)16/h1,4-6H,3H2,(H,13,14)(H,15,16). The first-order valence-electron chi connectivity index (χ1n) is 4.30. The van der Waals surface area contributed by atoms with Gasteiger partial charge in [-0.1, -0.05) is 21.9 Å². The first-order chi connectivity index (χ1) is 7.54. The zero-order chi connectivity index (χ0) is 12.1. The van der Waals surface area contributed by atoms with Gasteiger partial charge in [0, 0.05) is 4.47 Å². The second kappa shape index (κ2) is 5.33. The Kier molecular flexibility index (Phi) is 4.09. The van der Waals surface area contributed by atoms with E-state index in [9.17, 15) is 9.59 Å². The third kappa shape index (κ3) is 3.11. The van der Waals surface area contributed by atoms with E-state index in [0.717, 1.165) is 0 Å². The van der Waals surface area contributed by atoms with Crippen molar-refractivity contribution in [3.63, 3.8) is 0 Å². The summed E-state index contributed by atoms with van der Waals surface area (Å²) in [5.41, 5.74) is 0.246. The highest BCUT2D eigenvalue weighted by atomic mass is 79.9. The lowest BCUT2D eigenvalue weighted by Gasteiger charge is -2.07. The van der Waals surface area contributed by atoms with Crippen LogP contribution in [-0.4, -0.2) is 17.0 Å². The molecule has 82 valence electrons. The molecule has 0 saturated heterocycles. The Hall–Kier alpha value is -1.80. The quantitative estimate of drug-likeness (QED) is 0.834. The van der Waals surface area contributed by atoms with E-state index in [2.05, 4.69) is 27.2 Å². The van der Waals surface area contributed by atoms with Crippen molar-refractivity contribution < 1.29 is 14.7 Å². The molecule has 1 aromatic carbocycles. The van der Waals surface area contributed by atoms with Crippen LogP contribution in [0.5, 0.6) is 0 Å². The largest absolute Gasteiger partial charge is 0.478 e. The van der Waals surface area contributed by atoms with Gasteiger partial charge >= 0.3 is 5.97 Å². The van der Waals surface area contributed by atoms with Crippen molar-refractivity contribution in [2.45, 2.75) is 6.42 Å². The maximum absolute atomic E-state index is 11.2. The van der Waals surface area contributed by atoms with Gasteiger partial charge in [-0.15, -0.1) is 6.42 Å². The molecular weight excluding hydrogens is 274 g/mol. The molecule has 0 heterocycles. The van der Waals surface area contributed by atoms with E-state index in [1.165, 1.54) is 12.1 Å². The molecule has 0 aliphatic heterocycles. The first-order valence-corrected chi connectivity index (χ1v) is 5.10. The van der Waals surface area contributed by atoms with Crippen LogP contribution in [0, 0.1) is 12.3 Å². The third-order valence-corrected chi connectivity index (χ3v) is 2.24. The number of hydrogen-bond donors (Lipinski definition) is 2. The fraction of sp³-hybridized carbons (Fsp3) is 0.0909. The van der Waals surface area contributed by atoms with E-state index in [-0.39, 0.29) is 17.7 Å². The summed E-state index contributed by atoms with van der Waals surface area (Å²) in [4.78, 5) is 22.1. The fourth-order valence-corrected chi connectivity index (χ4v) is 1.45. The van der Waals surface area contributed by atoms with Crippen molar-refractivity contribution in [3.8, 4) is 12.3 Å². The van der Waals surface area contributed by atoms with Gasteiger partial charge in [-0.3, -0.25) is 4.79 Å². The fourth-order valence-electron chi connectivity index (χ4n) is 1.09. The van der Waals surface area contributed by atoms with Gasteiger partial charge in [-0.2, -0.15) is 0 Å². The van der Waals surface area contributed by atoms with E-state index in [1.807, 2.05) is 0 Å². The zero-order valence-electron chi connectivity index (χ0n) is 8.16. The molecular formula is C11H8BrNO3. The van der Waals surface area contributed by atoms with E-state index >= 15 is 0 Å². The number of carbonyl (C=O) groups excluding carboxylic acids is 1. The van der Waals surface area contributed by atoms with Crippen LogP contribution in [0.1, 0.15) is 16.8 Å². The molecule has 0 spiro atoms. The van der Waals surface area contributed by atoms with Crippen LogP contribution in [0.4, 0.5) is 5.69 Å². The highest BCUT2D eigenvalue weighted by Crippen LogP contribution is 2.21. The topological polar surface area (TPSA) is 66.4 Å². The van der Waals surface area contributed by atoms with Crippen LogP contribution in [-0.2, 0) is 4.79 Å². The van der Waals surface area contributed by atoms with Crippen LogP contribution in [0.3, 0.4) is 0 Å². The Morgan fingerprint density at radius 1 is 1.50 bits per heavy atom. The van der Waals surface area contributed by atoms with Crippen molar-refractivity contribution in [2.24, 2.45) is 0 Å². The maximum atomic E-state index is 11.2. The van der Waals surface area contributed by atoms with Gasteiger partial charge in [0.25, 0.3) is 0 Å². The Bertz CT molecular complexity index is 477. The lowest BCUT2D eigenvalue weighted by molar-refractivity contribution is -0.115. The number of halogens is 1. The number of hydrogen-bond acceptors (Lipinski definition) is 2. The molecule has 0 aliphatic carbocycles. The zero-order valence-corrected chi connectivity index (χ0v) is 9.74. The molecule has 1 amide bonds. The minimum atomic E-state index is -1.11. The Labute approximate surface area is 101 Å². The van der Waals surface area contributed by atoms with E-state index in [0.29, 0.717) is 4.47 Å². The predicted molar refractivity (Wildman–Crippen MR) is 63.2 cm³/mol. The third-order valence-electron chi connectivity index (χ3n) is 1.75. The summed E-state index contributed by atoms with van der Waals surface area (Å²) in [5.74, 6) is 0.658. The number of rotatable bonds is 3. The molecule has 0 fully saturated rings. The number of nitrogens with one attached hydrogen (secondary N) is 1. The van der Waals surface area contributed by atoms with E-state index < -0.39 is 11.9 Å². The van der Waals surface area contributed by atoms with Gasteiger partial charge < -0.3 is 10.4 Å². The van der Waals surface area contributed by atoms with Crippen LogP contribution >= 0.6 is 15.9 Å². The summed E-state index contributed by atoms with van der Waals surface area (Å²) in [6.45, 7) is 0. The molecule has 0 aliphatic rings. The second-order valence-electron chi connectivity index (χ2n) is 2.92. The number of terminal acetylenes is 1. The molecule has 16 heavy (non-hydrogen) atoms. The van der Waals surface area contributed by atoms with Gasteiger partial charge in [0.15, 0.2) is 0 Å². The minimum Gasteiger partial charge on any atom is -0.478 e. The highest BCUT2D eigenvalue weighted by Gasteiger charge is 2.12. The number of anilines is 1. The van der Waals surface area contributed by atoms with Crippen LogP contribution in [0.2, 0.25) is 0 Å². The van der Waals surface area contributed by atoms with Crippen molar-refractivity contribution in [2.75, 3.05) is 5.32 Å². The molecule has 0 bridgehead atoms. The average molecular weight is 282 g/mol. The van der Waals surface area contributed by atoms with E-state index in [4.69, 9.17) is 11.5 Å². The van der Waals surface area contributed by atoms with Gasteiger partial charge in [0.05, 0.1) is 17.7 Å². The molecule has 0 saturated carbocycles. The van der Waals surface area contributed by atoms with Crippen LogP contribution in [0.15, 0.2) is 22.7 Å². The maximum Gasteiger partial charge on any atom is 0.337 e. The Balaban J connectivity index is 3.02. The molecule has 1 rings (SSSR count). The average Bonchev–Trinajstić information content (AvgIpc) is 2.17. The summed E-state index contributed by atoms with van der Waals surface area (Å²) < 4.78 is 0.675. The predicted octanol–water partition coefficient (Wildman–Crippen LogP) is 2.11. The van der Waals surface area contributed by atoms with Crippen molar-refractivity contribution in [3.05, 3.63) is 28.2 Å². The van der Waals surface area contributed by atoms with Gasteiger partial charge in [0.1, 0.15) is 0 Å². The van der Waals surface area contributed by atoms with Crippen molar-refractivity contribution in [1.29, 1.82) is 0 Å².